The van der Waals surface area contributed by atoms with Crippen LogP contribution in [0.5, 0.6) is 0 Å². The topological polar surface area (TPSA) is 63.8 Å². The lowest BCUT2D eigenvalue weighted by Gasteiger charge is -2.35. The molecule has 2 unspecified atom stereocenters. The van der Waals surface area contributed by atoms with E-state index in [0.717, 1.165) is 36.9 Å². The molecule has 0 saturated heterocycles. The smallest absolute Gasteiger partial charge is 0.223 e. The van der Waals surface area contributed by atoms with Gasteiger partial charge >= 0.3 is 0 Å². The zero-order chi connectivity index (χ0) is 17.9. The molecule has 24 heavy (non-hydrogen) atoms. The van der Waals surface area contributed by atoms with Crippen molar-refractivity contribution in [1.82, 2.24) is 9.97 Å². The Balaban J connectivity index is 2.27. The molecule has 0 aliphatic heterocycles. The van der Waals surface area contributed by atoms with Crippen LogP contribution in [-0.2, 0) is 0 Å². The molecule has 1 saturated carbocycles. The summed E-state index contributed by atoms with van der Waals surface area (Å²) >= 11 is 0. The summed E-state index contributed by atoms with van der Waals surface area (Å²) in [4.78, 5) is 9.32. The number of nitrogens with two attached hydrogens (primary N) is 1. The third-order valence-electron chi connectivity index (χ3n) is 5.02. The minimum Gasteiger partial charge on any atom is -0.351 e. The highest BCUT2D eigenvalue weighted by atomic mass is 15.1. The quantitative estimate of drug-likeness (QED) is 0.792. The molecule has 1 aromatic heterocycles. The van der Waals surface area contributed by atoms with Crippen LogP contribution in [0.15, 0.2) is 23.4 Å². The van der Waals surface area contributed by atoms with Gasteiger partial charge in [-0.2, -0.15) is 0 Å². The largest absolute Gasteiger partial charge is 0.351 e. The van der Waals surface area contributed by atoms with Crippen LogP contribution in [-0.4, -0.2) is 21.5 Å². The number of hydrogen-bond donors (Lipinski definition) is 2. The average Bonchev–Trinajstić information content (AvgIpc) is 2.49. The molecule has 0 spiro atoms. The molecular weight excluding hydrogens is 296 g/mol. The molecule has 1 aliphatic carbocycles. The molecule has 2 rings (SSSR count). The molecule has 1 heterocycles. The van der Waals surface area contributed by atoms with Crippen LogP contribution >= 0.6 is 0 Å². The van der Waals surface area contributed by atoms with E-state index < -0.39 is 0 Å². The van der Waals surface area contributed by atoms with E-state index in [4.69, 9.17) is 10.7 Å². The van der Waals surface area contributed by atoms with Gasteiger partial charge in [-0.05, 0) is 83.9 Å². The summed E-state index contributed by atoms with van der Waals surface area (Å²) in [5, 5.41) is 3.51. The van der Waals surface area contributed by atoms with Crippen LogP contribution in [0.3, 0.4) is 0 Å². The van der Waals surface area contributed by atoms with Gasteiger partial charge in [0.25, 0.3) is 0 Å². The van der Waals surface area contributed by atoms with Crippen molar-refractivity contribution in [3.63, 3.8) is 0 Å². The molecule has 0 amide bonds. The Hall–Kier alpha value is -1.68. The molecule has 1 aromatic rings. The van der Waals surface area contributed by atoms with Crippen molar-refractivity contribution in [2.45, 2.75) is 78.8 Å². The summed E-state index contributed by atoms with van der Waals surface area (Å²) in [7, 11) is 0. The minimum absolute atomic E-state index is 0.0867. The number of aromatic nitrogens is 2. The van der Waals surface area contributed by atoms with Gasteiger partial charge in [0.1, 0.15) is 0 Å². The van der Waals surface area contributed by atoms with E-state index in [1.807, 2.05) is 6.20 Å². The van der Waals surface area contributed by atoms with E-state index >= 15 is 0 Å². The summed E-state index contributed by atoms with van der Waals surface area (Å²) in [6, 6.07) is 0.350. The van der Waals surface area contributed by atoms with Gasteiger partial charge in [0.2, 0.25) is 5.95 Å². The zero-order valence-corrected chi connectivity index (χ0v) is 16.0. The van der Waals surface area contributed by atoms with Crippen LogP contribution in [0.2, 0.25) is 0 Å². The molecular formula is C20H32N4. The fourth-order valence-electron chi connectivity index (χ4n) is 3.41. The van der Waals surface area contributed by atoms with Crippen molar-refractivity contribution in [3.05, 3.63) is 34.7 Å². The van der Waals surface area contributed by atoms with E-state index in [-0.39, 0.29) is 5.54 Å². The number of anilines is 1. The third-order valence-corrected chi connectivity index (χ3v) is 5.02. The second kappa shape index (κ2) is 7.47. The van der Waals surface area contributed by atoms with Gasteiger partial charge in [-0.25, -0.2) is 9.97 Å². The number of aryl methyl sites for hydroxylation is 1. The van der Waals surface area contributed by atoms with E-state index in [2.05, 4.69) is 57.9 Å². The summed E-state index contributed by atoms with van der Waals surface area (Å²) < 4.78 is 0. The fraction of sp³-hybridized carbons (Fsp3) is 0.600. The highest BCUT2D eigenvalue weighted by Crippen LogP contribution is 2.29. The van der Waals surface area contributed by atoms with Crippen LogP contribution in [0.4, 0.5) is 5.95 Å². The van der Waals surface area contributed by atoms with Crippen molar-refractivity contribution in [2.75, 3.05) is 5.32 Å². The Morgan fingerprint density at radius 1 is 1.38 bits per heavy atom. The first-order valence-corrected chi connectivity index (χ1v) is 8.93. The van der Waals surface area contributed by atoms with Gasteiger partial charge in [-0.3, -0.25) is 0 Å². The van der Waals surface area contributed by atoms with Crippen molar-refractivity contribution >= 4 is 11.5 Å². The van der Waals surface area contributed by atoms with Crippen molar-refractivity contribution in [1.29, 1.82) is 0 Å². The molecule has 4 heteroatoms. The molecule has 0 radical (unpaired) electrons. The molecule has 1 fully saturated rings. The minimum atomic E-state index is -0.0867. The maximum atomic E-state index is 6.32. The Kier molecular flexibility index (Phi) is 5.81. The van der Waals surface area contributed by atoms with Gasteiger partial charge in [-0.15, -0.1) is 0 Å². The van der Waals surface area contributed by atoms with Gasteiger partial charge in [0.15, 0.2) is 0 Å². The standard InChI is InChI=1S/C20H32N4/c1-7-17(15(5)13(2)3)18-14(4)12-22-19(24-18)23-16-9-8-10-20(6,21)11-16/h7,12,16H,8-11,21H2,1-6H3,(H,22,23,24)/b17-7+. The maximum Gasteiger partial charge on any atom is 0.223 e. The lowest BCUT2D eigenvalue weighted by Crippen LogP contribution is -2.45. The van der Waals surface area contributed by atoms with E-state index in [1.54, 1.807) is 0 Å². The summed E-state index contributed by atoms with van der Waals surface area (Å²) in [6.45, 7) is 12.7. The molecule has 0 aromatic carbocycles. The number of allylic oxidation sites excluding steroid dienone is 4. The predicted octanol–water partition coefficient (Wildman–Crippen LogP) is 4.62. The van der Waals surface area contributed by atoms with E-state index in [0.29, 0.717) is 12.0 Å². The van der Waals surface area contributed by atoms with Crippen molar-refractivity contribution < 1.29 is 0 Å². The predicted molar refractivity (Wildman–Crippen MR) is 103 cm³/mol. The second-order valence-corrected chi connectivity index (χ2v) is 7.64. The summed E-state index contributed by atoms with van der Waals surface area (Å²) in [6.07, 6.45) is 8.38. The Morgan fingerprint density at radius 2 is 2.08 bits per heavy atom. The molecule has 0 bridgehead atoms. The van der Waals surface area contributed by atoms with Gasteiger partial charge < -0.3 is 11.1 Å². The van der Waals surface area contributed by atoms with E-state index in [9.17, 15) is 0 Å². The highest BCUT2D eigenvalue weighted by molar-refractivity contribution is 5.78. The monoisotopic (exact) mass is 328 g/mol. The van der Waals surface area contributed by atoms with Crippen molar-refractivity contribution in [2.24, 2.45) is 5.73 Å². The number of hydrogen-bond acceptors (Lipinski definition) is 4. The zero-order valence-electron chi connectivity index (χ0n) is 16.0. The van der Waals surface area contributed by atoms with Gasteiger partial charge in [-0.1, -0.05) is 11.6 Å². The lowest BCUT2D eigenvalue weighted by molar-refractivity contribution is 0.302. The Morgan fingerprint density at radius 3 is 2.67 bits per heavy atom. The first-order valence-electron chi connectivity index (χ1n) is 8.93. The molecule has 2 atom stereocenters. The number of nitrogens with zero attached hydrogens (tertiary/aromatic N) is 2. The maximum absolute atomic E-state index is 6.32. The molecule has 3 N–H and O–H groups in total. The first kappa shape index (κ1) is 18.7. The molecule has 132 valence electrons. The lowest BCUT2D eigenvalue weighted by atomic mass is 9.81. The van der Waals surface area contributed by atoms with Crippen molar-refractivity contribution in [3.8, 4) is 0 Å². The third kappa shape index (κ3) is 4.44. The molecule has 1 aliphatic rings. The first-order chi connectivity index (χ1) is 11.2. The van der Waals surface area contributed by atoms with Gasteiger partial charge in [0, 0.05) is 17.8 Å². The number of nitrogens with one attached hydrogen (secondary N) is 1. The number of rotatable bonds is 4. The fourth-order valence-corrected chi connectivity index (χ4v) is 3.41. The summed E-state index contributed by atoms with van der Waals surface area (Å²) in [5.41, 5.74) is 12.1. The van der Waals surface area contributed by atoms with E-state index in [1.165, 1.54) is 16.7 Å². The Bertz CT molecular complexity index is 652. The molecule has 4 nitrogen and oxygen atoms in total. The normalized spacial score (nSPS) is 24.6. The van der Waals surface area contributed by atoms with Gasteiger partial charge in [0.05, 0.1) is 5.69 Å². The van der Waals surface area contributed by atoms with Crippen LogP contribution < -0.4 is 11.1 Å². The van der Waals surface area contributed by atoms with Crippen LogP contribution in [0.1, 0.15) is 71.6 Å². The average molecular weight is 329 g/mol. The highest BCUT2D eigenvalue weighted by Gasteiger charge is 2.28. The van der Waals surface area contributed by atoms with Crippen LogP contribution in [0, 0.1) is 6.92 Å². The SMILES string of the molecule is C/C=C(\C(C)=C(C)C)c1nc(NC2CCCC(C)(N)C2)ncc1C. The van der Waals surface area contributed by atoms with Crippen LogP contribution in [0.25, 0.3) is 5.57 Å². The Labute approximate surface area is 146 Å². The summed E-state index contributed by atoms with van der Waals surface area (Å²) in [5.74, 6) is 0.708. The second-order valence-electron chi connectivity index (χ2n) is 7.64.